The van der Waals surface area contributed by atoms with Crippen LogP contribution in [0.5, 0.6) is 0 Å². The van der Waals surface area contributed by atoms with Gasteiger partial charge in [0.2, 0.25) is 0 Å². The maximum atomic E-state index is 12.6. The van der Waals surface area contributed by atoms with Crippen molar-refractivity contribution in [1.29, 1.82) is 0 Å². The maximum Gasteiger partial charge on any atom is 0.306 e. The van der Waals surface area contributed by atoms with Crippen molar-refractivity contribution in [3.05, 3.63) is 0 Å². The number of carbonyl (C=O) groups excluding carboxylic acids is 3. The van der Waals surface area contributed by atoms with Crippen molar-refractivity contribution in [3.8, 4) is 0 Å². The summed E-state index contributed by atoms with van der Waals surface area (Å²) in [6.45, 7) is 8.83. The van der Waals surface area contributed by atoms with Crippen molar-refractivity contribution >= 4 is 17.9 Å². The average molecular weight is 695 g/mol. The van der Waals surface area contributed by atoms with Gasteiger partial charge in [0.25, 0.3) is 0 Å². The lowest BCUT2D eigenvalue weighted by molar-refractivity contribution is -0.167. The minimum Gasteiger partial charge on any atom is -0.462 e. The second kappa shape index (κ2) is 37.7. The van der Waals surface area contributed by atoms with Crippen LogP contribution in [0, 0.1) is 5.92 Å². The van der Waals surface area contributed by atoms with E-state index in [-0.39, 0.29) is 31.1 Å². The zero-order valence-electron chi connectivity index (χ0n) is 33.1. The van der Waals surface area contributed by atoms with E-state index in [9.17, 15) is 14.4 Å². The predicted molar refractivity (Wildman–Crippen MR) is 206 cm³/mol. The number of hydrogen-bond donors (Lipinski definition) is 0. The molecule has 0 aromatic heterocycles. The van der Waals surface area contributed by atoms with Crippen molar-refractivity contribution in [2.75, 3.05) is 13.2 Å². The van der Waals surface area contributed by atoms with E-state index < -0.39 is 6.10 Å². The van der Waals surface area contributed by atoms with Crippen molar-refractivity contribution in [1.82, 2.24) is 0 Å². The average Bonchev–Trinajstić information content (AvgIpc) is 3.08. The molecular formula is C43H82O6. The van der Waals surface area contributed by atoms with Gasteiger partial charge in [-0.2, -0.15) is 0 Å². The Labute approximate surface area is 304 Å². The molecule has 1 atom stereocenters. The Kier molecular flexibility index (Phi) is 36.4. The van der Waals surface area contributed by atoms with E-state index in [1.165, 1.54) is 122 Å². The zero-order valence-corrected chi connectivity index (χ0v) is 33.1. The van der Waals surface area contributed by atoms with E-state index in [1.54, 1.807) is 0 Å². The van der Waals surface area contributed by atoms with Crippen molar-refractivity contribution in [2.45, 2.75) is 239 Å². The molecule has 0 bridgehead atoms. The molecule has 0 heterocycles. The summed E-state index contributed by atoms with van der Waals surface area (Å²) >= 11 is 0. The van der Waals surface area contributed by atoms with Crippen LogP contribution < -0.4 is 0 Å². The molecule has 0 aliphatic rings. The summed E-state index contributed by atoms with van der Waals surface area (Å²) in [7, 11) is 0. The molecular weight excluding hydrogens is 612 g/mol. The first-order valence-corrected chi connectivity index (χ1v) is 21.4. The van der Waals surface area contributed by atoms with Crippen molar-refractivity contribution < 1.29 is 28.6 Å². The Morgan fingerprint density at radius 2 is 0.673 bits per heavy atom. The molecule has 0 fully saturated rings. The second-order valence-corrected chi connectivity index (χ2v) is 15.1. The monoisotopic (exact) mass is 695 g/mol. The zero-order chi connectivity index (χ0) is 36.0. The maximum absolute atomic E-state index is 12.6. The Morgan fingerprint density at radius 1 is 0.388 bits per heavy atom. The second-order valence-electron chi connectivity index (χ2n) is 15.1. The third-order valence-corrected chi connectivity index (χ3v) is 9.54. The molecule has 0 saturated heterocycles. The summed E-state index contributed by atoms with van der Waals surface area (Å²) in [5.41, 5.74) is 0. The summed E-state index contributed by atoms with van der Waals surface area (Å²) in [4.78, 5) is 37.3. The quantitative estimate of drug-likeness (QED) is 0.0364. The van der Waals surface area contributed by atoms with Crippen LogP contribution in [0.4, 0.5) is 0 Å². The number of carbonyl (C=O) groups is 3. The molecule has 0 unspecified atom stereocenters. The summed E-state index contributed by atoms with van der Waals surface area (Å²) < 4.78 is 16.5. The minimum absolute atomic E-state index is 0.0669. The van der Waals surface area contributed by atoms with Gasteiger partial charge >= 0.3 is 17.9 Å². The standard InChI is InChI=1S/C43H82O6/c1-5-7-9-11-12-13-14-15-16-17-18-19-20-21-22-28-32-36-43(46)49-40(37-47-41(44)34-30-25-10-8-6-2)38-48-42(45)35-31-27-24-23-26-29-33-39(3)4/h39-40H,5-38H2,1-4H3/t40-/m1/s1. The van der Waals surface area contributed by atoms with Gasteiger partial charge in [-0.25, -0.2) is 0 Å². The molecule has 0 aromatic carbocycles. The first-order chi connectivity index (χ1) is 23.9. The van der Waals surface area contributed by atoms with Crippen LogP contribution in [0.25, 0.3) is 0 Å². The highest BCUT2D eigenvalue weighted by molar-refractivity contribution is 5.71. The molecule has 49 heavy (non-hydrogen) atoms. The van der Waals surface area contributed by atoms with Crippen LogP contribution in [0.3, 0.4) is 0 Å². The normalized spacial score (nSPS) is 11.9. The molecule has 0 radical (unpaired) electrons. The third kappa shape index (κ3) is 37.5. The molecule has 0 saturated carbocycles. The highest BCUT2D eigenvalue weighted by atomic mass is 16.6. The van der Waals surface area contributed by atoms with Gasteiger partial charge in [-0.3, -0.25) is 14.4 Å². The lowest BCUT2D eigenvalue weighted by atomic mass is 10.0. The highest BCUT2D eigenvalue weighted by Gasteiger charge is 2.19. The van der Waals surface area contributed by atoms with Crippen LogP contribution >= 0.6 is 0 Å². The Balaban J connectivity index is 4.16. The van der Waals surface area contributed by atoms with Gasteiger partial charge in [0.1, 0.15) is 13.2 Å². The summed E-state index contributed by atoms with van der Waals surface area (Å²) in [5, 5.41) is 0. The number of esters is 3. The third-order valence-electron chi connectivity index (χ3n) is 9.54. The van der Waals surface area contributed by atoms with Crippen LogP contribution in [-0.2, 0) is 28.6 Å². The molecule has 6 heteroatoms. The summed E-state index contributed by atoms with van der Waals surface area (Å²) in [6.07, 6.45) is 35.6. The van der Waals surface area contributed by atoms with Crippen LogP contribution in [0.2, 0.25) is 0 Å². The lowest BCUT2D eigenvalue weighted by Gasteiger charge is -2.18. The Hall–Kier alpha value is -1.59. The van der Waals surface area contributed by atoms with Gasteiger partial charge in [-0.1, -0.05) is 195 Å². The van der Waals surface area contributed by atoms with E-state index in [0.717, 1.165) is 70.1 Å². The van der Waals surface area contributed by atoms with Gasteiger partial charge in [0.15, 0.2) is 6.10 Å². The van der Waals surface area contributed by atoms with Gasteiger partial charge in [0.05, 0.1) is 0 Å². The first kappa shape index (κ1) is 47.4. The van der Waals surface area contributed by atoms with E-state index in [0.29, 0.717) is 19.3 Å². The van der Waals surface area contributed by atoms with Crippen molar-refractivity contribution in [2.24, 2.45) is 5.92 Å². The fraction of sp³-hybridized carbons (Fsp3) is 0.930. The lowest BCUT2D eigenvalue weighted by Crippen LogP contribution is -2.30. The smallest absolute Gasteiger partial charge is 0.306 e. The van der Waals surface area contributed by atoms with Crippen LogP contribution in [-0.4, -0.2) is 37.2 Å². The number of rotatable bonds is 38. The number of hydrogen-bond acceptors (Lipinski definition) is 6. The Bertz CT molecular complexity index is 736. The molecule has 6 nitrogen and oxygen atoms in total. The van der Waals surface area contributed by atoms with Gasteiger partial charge < -0.3 is 14.2 Å². The van der Waals surface area contributed by atoms with Crippen LogP contribution in [0.1, 0.15) is 233 Å². The summed E-state index contributed by atoms with van der Waals surface area (Å²) in [5.74, 6) is -0.114. The van der Waals surface area contributed by atoms with Crippen molar-refractivity contribution in [3.63, 3.8) is 0 Å². The number of ether oxygens (including phenoxy) is 3. The Morgan fingerprint density at radius 3 is 1.00 bits per heavy atom. The predicted octanol–water partition coefficient (Wildman–Crippen LogP) is 13.2. The topological polar surface area (TPSA) is 78.9 Å². The molecule has 290 valence electrons. The minimum atomic E-state index is -0.757. The fourth-order valence-electron chi connectivity index (χ4n) is 6.27. The molecule has 0 aliphatic heterocycles. The number of unbranched alkanes of at least 4 members (excludes halogenated alkanes) is 25. The molecule has 0 spiro atoms. The molecule has 0 rings (SSSR count). The highest BCUT2D eigenvalue weighted by Crippen LogP contribution is 2.16. The fourth-order valence-corrected chi connectivity index (χ4v) is 6.27. The molecule has 0 aromatic rings. The van der Waals surface area contributed by atoms with E-state index in [2.05, 4.69) is 27.7 Å². The largest absolute Gasteiger partial charge is 0.462 e. The summed E-state index contributed by atoms with van der Waals surface area (Å²) in [6, 6.07) is 0. The van der Waals surface area contributed by atoms with E-state index >= 15 is 0 Å². The SMILES string of the molecule is CCCCCCCCCCCCCCCCCCCC(=O)O[C@H](COC(=O)CCCCCCC)COC(=O)CCCCCCCCC(C)C. The molecule has 0 aliphatic carbocycles. The van der Waals surface area contributed by atoms with Gasteiger partial charge in [-0.05, 0) is 25.2 Å². The van der Waals surface area contributed by atoms with Crippen LogP contribution in [0.15, 0.2) is 0 Å². The molecule has 0 N–H and O–H groups in total. The first-order valence-electron chi connectivity index (χ1n) is 21.4. The van der Waals surface area contributed by atoms with E-state index in [1.807, 2.05) is 0 Å². The molecule has 0 amide bonds. The van der Waals surface area contributed by atoms with Gasteiger partial charge in [0, 0.05) is 19.3 Å². The van der Waals surface area contributed by atoms with E-state index in [4.69, 9.17) is 14.2 Å². The van der Waals surface area contributed by atoms with Gasteiger partial charge in [-0.15, -0.1) is 0 Å².